The number of nitrogens with zero attached hydrogens (tertiary/aromatic N) is 6. The molecule has 3 aliphatic heterocycles. The lowest BCUT2D eigenvalue weighted by Gasteiger charge is -2.36. The highest BCUT2D eigenvalue weighted by atomic mass is 19.1. The number of fused-ring (bicyclic) bond motifs is 3. The molecule has 5 heterocycles. The Morgan fingerprint density at radius 3 is 2.73 bits per heavy atom. The second-order valence-corrected chi connectivity index (χ2v) is 14.2. The minimum absolute atomic E-state index is 0.0247. The number of pyridine rings is 1. The molecule has 3 saturated heterocycles. The number of amides is 1. The average molecular weight is 666 g/mol. The summed E-state index contributed by atoms with van der Waals surface area (Å²) in [6, 6.07) is 8.07. The van der Waals surface area contributed by atoms with Gasteiger partial charge in [0.15, 0.2) is 5.75 Å². The Morgan fingerprint density at radius 2 is 2.00 bits per heavy atom. The van der Waals surface area contributed by atoms with E-state index in [9.17, 15) is 4.79 Å². The van der Waals surface area contributed by atoms with E-state index < -0.39 is 12.9 Å². The van der Waals surface area contributed by atoms with Crippen LogP contribution in [0.5, 0.6) is 11.8 Å². The van der Waals surface area contributed by atoms with Gasteiger partial charge < -0.3 is 19.3 Å². The molecule has 0 unspecified atom stereocenters. The summed E-state index contributed by atoms with van der Waals surface area (Å²) in [6.07, 6.45) is 13.7. The number of hydrogen-bond donors (Lipinski definition) is 0. The summed E-state index contributed by atoms with van der Waals surface area (Å²) in [5, 5.41) is 1.46. The summed E-state index contributed by atoms with van der Waals surface area (Å²) in [4.78, 5) is 33.7. The Bertz CT molecular complexity index is 2110. The molecule has 0 radical (unpaired) electrons. The number of rotatable bonds is 9. The van der Waals surface area contributed by atoms with E-state index in [1.54, 1.807) is 30.5 Å². The minimum Gasteiger partial charge on any atom is -0.492 e. The van der Waals surface area contributed by atoms with Crippen LogP contribution in [0.3, 0.4) is 0 Å². The Labute approximate surface area is 291 Å². The lowest BCUT2D eigenvalue weighted by Crippen LogP contribution is -2.47. The lowest BCUT2D eigenvalue weighted by molar-refractivity contribution is -0.127. The maximum absolute atomic E-state index is 15.1. The third kappa shape index (κ3) is 5.54. The van der Waals surface area contributed by atoms with Gasteiger partial charge in [0, 0.05) is 37.3 Å². The number of halogens is 1. The Hall–Kier alpha value is -4.75. The van der Waals surface area contributed by atoms with Crippen molar-refractivity contribution in [3.05, 3.63) is 60.6 Å². The van der Waals surface area contributed by atoms with Crippen molar-refractivity contribution >= 4 is 33.4 Å². The van der Waals surface area contributed by atoms with Crippen LogP contribution in [0.1, 0.15) is 55.6 Å². The topological polar surface area (TPSA) is 83.9 Å². The summed E-state index contributed by atoms with van der Waals surface area (Å²) in [5.41, 5.74) is 0.397. The van der Waals surface area contributed by atoms with Crippen molar-refractivity contribution in [1.82, 2.24) is 24.8 Å². The number of likely N-dealkylation sites (N-methyl/N-ethyl adjacent to an activating group) is 1. The highest BCUT2D eigenvalue weighted by molar-refractivity contribution is 6.04. The first-order valence-corrected chi connectivity index (χ1v) is 16.9. The Morgan fingerprint density at radius 1 is 1.20 bits per heavy atom. The molecule has 7 rings (SSSR count). The van der Waals surface area contributed by atoms with Crippen molar-refractivity contribution in [2.45, 2.75) is 57.5 Å². The fourth-order valence-electron chi connectivity index (χ4n) is 8.25. The number of terminal acetylenes is 1. The van der Waals surface area contributed by atoms with E-state index in [4.69, 9.17) is 35.0 Å². The number of carbonyl (C=O) groups excluding carboxylic acids is 1. The van der Waals surface area contributed by atoms with E-state index in [0.717, 1.165) is 45.2 Å². The van der Waals surface area contributed by atoms with Gasteiger partial charge in [0.05, 0.1) is 33.7 Å². The minimum atomic E-state index is -2.90. The van der Waals surface area contributed by atoms with Gasteiger partial charge in [-0.25, -0.2) is 4.39 Å². The van der Waals surface area contributed by atoms with Crippen LogP contribution in [0.25, 0.3) is 32.9 Å². The smallest absolute Gasteiger partial charge is 0.319 e. The Balaban J connectivity index is 1.42. The number of methoxy groups -OCH3 is 1. The van der Waals surface area contributed by atoms with E-state index in [0.29, 0.717) is 47.2 Å². The molecule has 2 aromatic heterocycles. The zero-order valence-corrected chi connectivity index (χ0v) is 28.3. The van der Waals surface area contributed by atoms with Gasteiger partial charge in [0.1, 0.15) is 29.5 Å². The van der Waals surface area contributed by atoms with Gasteiger partial charge in [-0.15, -0.1) is 6.42 Å². The number of likely N-dealkylation sites (tertiary alicyclic amines) is 1. The number of benzene rings is 2. The molecular weight excluding hydrogens is 619 g/mol. The van der Waals surface area contributed by atoms with Gasteiger partial charge in [0.25, 0.3) is 0 Å². The molecule has 0 spiro atoms. The highest BCUT2D eigenvalue weighted by Gasteiger charge is 2.45. The summed E-state index contributed by atoms with van der Waals surface area (Å²) < 4.78 is 51.9. The molecule has 0 N–H and O–H groups in total. The number of carbonyl (C=O) groups is 1. The standard InChI is InChI=1S/C39H43FN6O3/c1-7-26-29(40)15-14-25-12-9-13-27(32(25)26)33-35(48-6)34-28(22-41-33)36(44(5)23-30-38(3,4)18-21-46(30)31(47)8-2)43-37(42-34)49-24-39-16-10-19-45(39)20-11-17-39/h1,8-9,12-15,22,30H,2,10-11,16-21,23-24H2,3-6H3/t30-/m1/s1/i6D3. The van der Waals surface area contributed by atoms with Gasteiger partial charge in [-0.3, -0.25) is 14.7 Å². The van der Waals surface area contributed by atoms with Gasteiger partial charge in [-0.2, -0.15) is 9.97 Å². The van der Waals surface area contributed by atoms with Crippen molar-refractivity contribution in [2.24, 2.45) is 5.41 Å². The van der Waals surface area contributed by atoms with E-state index in [2.05, 4.69) is 31.2 Å². The van der Waals surface area contributed by atoms with Crippen LogP contribution >= 0.6 is 0 Å². The number of aromatic nitrogens is 3. The van der Waals surface area contributed by atoms with Gasteiger partial charge >= 0.3 is 6.01 Å². The molecule has 49 heavy (non-hydrogen) atoms. The molecule has 254 valence electrons. The number of anilines is 1. The van der Waals surface area contributed by atoms with Crippen LogP contribution < -0.4 is 14.4 Å². The fourth-order valence-corrected chi connectivity index (χ4v) is 8.25. The molecule has 10 heteroatoms. The summed E-state index contributed by atoms with van der Waals surface area (Å²) in [7, 11) is -1.03. The molecule has 2 aromatic carbocycles. The molecule has 9 nitrogen and oxygen atoms in total. The van der Waals surface area contributed by atoms with Crippen LogP contribution in [0.2, 0.25) is 0 Å². The molecule has 0 saturated carbocycles. The van der Waals surface area contributed by atoms with Crippen molar-refractivity contribution in [3.8, 4) is 35.4 Å². The third-order valence-electron chi connectivity index (χ3n) is 11.0. The number of hydrogen-bond acceptors (Lipinski definition) is 8. The first kappa shape index (κ1) is 29.2. The summed E-state index contributed by atoms with van der Waals surface area (Å²) in [6.45, 7) is 11.4. The molecule has 1 atom stereocenters. The van der Waals surface area contributed by atoms with Crippen LogP contribution in [-0.2, 0) is 4.79 Å². The molecule has 4 aromatic rings. The third-order valence-corrected chi connectivity index (χ3v) is 11.0. The zero-order valence-electron chi connectivity index (χ0n) is 31.3. The van der Waals surface area contributed by atoms with Gasteiger partial charge in [0.2, 0.25) is 5.91 Å². The second kappa shape index (κ2) is 12.6. The first-order chi connectivity index (χ1) is 24.7. The summed E-state index contributed by atoms with van der Waals surface area (Å²) in [5.74, 6) is 2.03. The molecule has 3 aliphatic rings. The van der Waals surface area contributed by atoms with E-state index in [-0.39, 0.29) is 51.4 Å². The zero-order chi connectivity index (χ0) is 37.0. The van der Waals surface area contributed by atoms with Crippen LogP contribution in [0.4, 0.5) is 10.2 Å². The van der Waals surface area contributed by atoms with Crippen LogP contribution in [-0.4, -0.2) is 89.1 Å². The van der Waals surface area contributed by atoms with Gasteiger partial charge in [-0.05, 0) is 68.1 Å². The predicted molar refractivity (Wildman–Crippen MR) is 190 cm³/mol. The predicted octanol–water partition coefficient (Wildman–Crippen LogP) is 6.23. The van der Waals surface area contributed by atoms with Crippen molar-refractivity contribution in [1.29, 1.82) is 0 Å². The largest absolute Gasteiger partial charge is 0.492 e. The molecule has 0 aliphatic carbocycles. The monoisotopic (exact) mass is 665 g/mol. The first-order valence-electron chi connectivity index (χ1n) is 18.4. The second-order valence-electron chi connectivity index (χ2n) is 14.2. The maximum atomic E-state index is 15.1. The van der Waals surface area contributed by atoms with Gasteiger partial charge in [-0.1, -0.05) is 50.6 Å². The SMILES string of the molecule is [2H]C([2H])([2H])Oc1c(-c2cccc3ccc(F)c(C#C)c23)ncc2c(N(C)C[C@H]3N(C(=O)C=C)CCC3(C)C)nc(OCC34CCCN3CCC4)nc12. The highest BCUT2D eigenvalue weighted by Crippen LogP contribution is 2.43. The normalized spacial score (nSPS) is 20.8. The van der Waals surface area contributed by atoms with Crippen molar-refractivity contribution in [2.75, 3.05) is 51.8 Å². The Kier molecular flexibility index (Phi) is 7.51. The van der Waals surface area contributed by atoms with E-state index >= 15 is 4.39 Å². The maximum Gasteiger partial charge on any atom is 0.319 e. The van der Waals surface area contributed by atoms with Crippen molar-refractivity contribution in [3.63, 3.8) is 0 Å². The quantitative estimate of drug-likeness (QED) is 0.154. The molecule has 0 bridgehead atoms. The van der Waals surface area contributed by atoms with Crippen molar-refractivity contribution < 1.29 is 22.8 Å². The van der Waals surface area contributed by atoms with E-state index in [1.165, 1.54) is 12.1 Å². The molecular formula is C39H43FN6O3. The van der Waals surface area contributed by atoms with Crippen LogP contribution in [0.15, 0.2) is 49.2 Å². The summed E-state index contributed by atoms with van der Waals surface area (Å²) >= 11 is 0. The average Bonchev–Trinajstić information content (AvgIpc) is 3.78. The van der Waals surface area contributed by atoms with Crippen LogP contribution in [0, 0.1) is 23.6 Å². The molecule has 3 fully saturated rings. The fraction of sp³-hybridized carbons (Fsp3) is 0.436. The number of ether oxygens (including phenoxy) is 2. The van der Waals surface area contributed by atoms with E-state index in [1.807, 2.05) is 16.8 Å². The molecule has 1 amide bonds. The lowest BCUT2D eigenvalue weighted by atomic mass is 9.84.